The van der Waals surface area contributed by atoms with Crippen LogP contribution in [0.25, 0.3) is 0 Å². The van der Waals surface area contributed by atoms with Crippen molar-refractivity contribution in [1.29, 1.82) is 0 Å². The predicted octanol–water partition coefficient (Wildman–Crippen LogP) is 2.16. The maximum absolute atomic E-state index is 11.7. The lowest BCUT2D eigenvalue weighted by molar-refractivity contribution is 0.0953. The van der Waals surface area contributed by atoms with Crippen LogP contribution in [0, 0.1) is 6.92 Å². The van der Waals surface area contributed by atoms with Crippen molar-refractivity contribution in [2.24, 2.45) is 0 Å². The van der Waals surface area contributed by atoms with Gasteiger partial charge in [0.2, 0.25) is 0 Å². The molecule has 3 N–H and O–H groups in total. The van der Waals surface area contributed by atoms with Gasteiger partial charge in [0.15, 0.2) is 0 Å². The van der Waals surface area contributed by atoms with Crippen molar-refractivity contribution in [3.63, 3.8) is 0 Å². The summed E-state index contributed by atoms with van der Waals surface area (Å²) in [7, 11) is 0. The molecule has 0 saturated carbocycles. The lowest BCUT2D eigenvalue weighted by Crippen LogP contribution is -2.22. The molecule has 0 fully saturated rings. The minimum absolute atomic E-state index is 0.165. The van der Waals surface area contributed by atoms with E-state index in [0.29, 0.717) is 17.1 Å². The highest BCUT2D eigenvalue weighted by molar-refractivity contribution is 7.12. The summed E-state index contributed by atoms with van der Waals surface area (Å²) in [5, 5.41) is 4.55. The van der Waals surface area contributed by atoms with Crippen molar-refractivity contribution < 1.29 is 9.21 Å². The van der Waals surface area contributed by atoms with E-state index in [0.717, 1.165) is 11.5 Å². The smallest absolute Gasteiger partial charge is 0.263 e. The van der Waals surface area contributed by atoms with E-state index in [1.165, 1.54) is 11.3 Å². The number of hydrogen-bond acceptors (Lipinski definition) is 4. The van der Waals surface area contributed by atoms with Crippen molar-refractivity contribution >= 4 is 22.9 Å². The van der Waals surface area contributed by atoms with Gasteiger partial charge in [-0.1, -0.05) is 0 Å². The number of aryl methyl sites for hydroxylation is 1. The van der Waals surface area contributed by atoms with E-state index in [2.05, 4.69) is 5.32 Å². The lowest BCUT2D eigenvalue weighted by Gasteiger charge is -2.01. The zero-order valence-electron chi connectivity index (χ0n) is 8.82. The monoisotopic (exact) mass is 236 g/mol. The Morgan fingerprint density at radius 1 is 1.50 bits per heavy atom. The topological polar surface area (TPSA) is 68.3 Å². The summed E-state index contributed by atoms with van der Waals surface area (Å²) in [4.78, 5) is 12.2. The van der Waals surface area contributed by atoms with E-state index in [1.807, 2.05) is 19.1 Å². The summed E-state index contributed by atoms with van der Waals surface area (Å²) < 4.78 is 5.34. The summed E-state index contributed by atoms with van der Waals surface area (Å²) in [6.45, 7) is 2.24. The van der Waals surface area contributed by atoms with Crippen LogP contribution < -0.4 is 11.1 Å². The average molecular weight is 236 g/mol. The van der Waals surface area contributed by atoms with Gasteiger partial charge in [0, 0.05) is 0 Å². The minimum Gasteiger partial charge on any atom is -0.465 e. The Morgan fingerprint density at radius 2 is 2.31 bits per heavy atom. The predicted molar refractivity (Wildman–Crippen MR) is 63.3 cm³/mol. The van der Waals surface area contributed by atoms with Crippen LogP contribution in [0.5, 0.6) is 0 Å². The average Bonchev–Trinajstić information content (AvgIpc) is 2.84. The van der Waals surface area contributed by atoms with Crippen molar-refractivity contribution in [3.8, 4) is 0 Å². The molecule has 0 atom stereocenters. The maximum Gasteiger partial charge on any atom is 0.263 e. The van der Waals surface area contributed by atoms with E-state index >= 15 is 0 Å². The van der Waals surface area contributed by atoms with Gasteiger partial charge in [0.25, 0.3) is 5.91 Å². The molecule has 0 bridgehead atoms. The highest BCUT2D eigenvalue weighted by Crippen LogP contribution is 2.18. The SMILES string of the molecule is Cc1ccc(CNC(=O)c2sccc2N)o1. The molecule has 0 spiro atoms. The fourth-order valence-electron chi connectivity index (χ4n) is 1.33. The summed E-state index contributed by atoms with van der Waals surface area (Å²) in [5.41, 5.74) is 6.15. The number of furan rings is 1. The third kappa shape index (κ3) is 2.25. The van der Waals surface area contributed by atoms with Crippen LogP contribution >= 0.6 is 11.3 Å². The Kier molecular flexibility index (Phi) is 2.96. The number of anilines is 1. The van der Waals surface area contributed by atoms with Crippen molar-refractivity contribution in [1.82, 2.24) is 5.32 Å². The molecule has 0 aliphatic carbocycles. The first kappa shape index (κ1) is 10.8. The Hall–Kier alpha value is -1.75. The van der Waals surface area contributed by atoms with Crippen LogP contribution in [-0.2, 0) is 6.54 Å². The van der Waals surface area contributed by atoms with Crippen molar-refractivity contribution in [2.75, 3.05) is 5.73 Å². The van der Waals surface area contributed by atoms with Crippen LogP contribution in [0.3, 0.4) is 0 Å². The first-order valence-electron chi connectivity index (χ1n) is 4.83. The van der Waals surface area contributed by atoms with E-state index < -0.39 is 0 Å². The summed E-state index contributed by atoms with van der Waals surface area (Å²) >= 11 is 1.33. The Bertz CT molecular complexity index is 502. The third-order valence-electron chi connectivity index (χ3n) is 2.12. The number of carbonyl (C=O) groups excluding carboxylic acids is 1. The van der Waals surface area contributed by atoms with Gasteiger partial charge < -0.3 is 15.5 Å². The lowest BCUT2D eigenvalue weighted by atomic mass is 10.3. The van der Waals surface area contributed by atoms with E-state index in [1.54, 1.807) is 11.4 Å². The molecule has 0 aromatic carbocycles. The largest absolute Gasteiger partial charge is 0.465 e. The number of nitrogen functional groups attached to an aromatic ring is 1. The molecule has 0 saturated heterocycles. The van der Waals surface area contributed by atoms with Crippen LogP contribution in [0.4, 0.5) is 5.69 Å². The normalized spacial score (nSPS) is 10.3. The van der Waals surface area contributed by atoms with Crippen molar-refractivity contribution in [2.45, 2.75) is 13.5 Å². The number of thiophene rings is 1. The van der Waals surface area contributed by atoms with E-state index in [4.69, 9.17) is 10.2 Å². The van der Waals surface area contributed by atoms with E-state index in [9.17, 15) is 4.79 Å². The Morgan fingerprint density at radius 3 is 2.88 bits per heavy atom. The van der Waals surface area contributed by atoms with Crippen LogP contribution in [-0.4, -0.2) is 5.91 Å². The molecule has 1 amide bonds. The quantitative estimate of drug-likeness (QED) is 0.858. The highest BCUT2D eigenvalue weighted by atomic mass is 32.1. The molecule has 16 heavy (non-hydrogen) atoms. The standard InChI is InChI=1S/C11H12N2O2S/c1-7-2-3-8(15-7)6-13-11(14)10-9(12)4-5-16-10/h2-5H,6,12H2,1H3,(H,13,14). The molecule has 5 heteroatoms. The zero-order valence-corrected chi connectivity index (χ0v) is 9.64. The number of nitrogens with two attached hydrogens (primary N) is 1. The summed E-state index contributed by atoms with van der Waals surface area (Å²) in [6, 6.07) is 5.42. The maximum atomic E-state index is 11.7. The molecule has 2 aromatic rings. The summed E-state index contributed by atoms with van der Waals surface area (Å²) in [6.07, 6.45) is 0. The molecular weight excluding hydrogens is 224 g/mol. The number of amides is 1. The number of carbonyl (C=O) groups is 1. The first-order chi connectivity index (χ1) is 7.66. The van der Waals surface area contributed by atoms with Crippen LogP contribution in [0.15, 0.2) is 28.0 Å². The molecule has 0 aliphatic heterocycles. The highest BCUT2D eigenvalue weighted by Gasteiger charge is 2.11. The molecular formula is C11H12N2O2S. The van der Waals surface area contributed by atoms with Gasteiger partial charge in [-0.25, -0.2) is 0 Å². The van der Waals surface area contributed by atoms with Gasteiger partial charge in [-0.2, -0.15) is 0 Å². The van der Waals surface area contributed by atoms with Crippen LogP contribution in [0.2, 0.25) is 0 Å². The molecule has 4 nitrogen and oxygen atoms in total. The Labute approximate surface area is 97.1 Å². The van der Waals surface area contributed by atoms with Gasteiger partial charge in [0.1, 0.15) is 16.4 Å². The molecule has 84 valence electrons. The van der Waals surface area contributed by atoms with Crippen LogP contribution in [0.1, 0.15) is 21.2 Å². The molecule has 0 aliphatic rings. The fourth-order valence-corrected chi connectivity index (χ4v) is 2.07. The van der Waals surface area contributed by atoms with Gasteiger partial charge in [-0.05, 0) is 30.5 Å². The van der Waals surface area contributed by atoms with Gasteiger partial charge in [-0.3, -0.25) is 4.79 Å². The number of hydrogen-bond donors (Lipinski definition) is 2. The molecule has 2 aromatic heterocycles. The molecule has 2 rings (SSSR count). The second-order valence-electron chi connectivity index (χ2n) is 3.40. The van der Waals surface area contributed by atoms with Gasteiger partial charge in [0.05, 0.1) is 12.2 Å². The zero-order chi connectivity index (χ0) is 11.5. The second-order valence-corrected chi connectivity index (χ2v) is 4.32. The molecule has 0 radical (unpaired) electrons. The van der Waals surface area contributed by atoms with Crippen molar-refractivity contribution in [3.05, 3.63) is 40.0 Å². The minimum atomic E-state index is -0.165. The summed E-state index contributed by atoms with van der Waals surface area (Å²) in [5.74, 6) is 1.41. The number of rotatable bonds is 3. The third-order valence-corrected chi connectivity index (χ3v) is 3.05. The first-order valence-corrected chi connectivity index (χ1v) is 5.71. The fraction of sp³-hybridized carbons (Fsp3) is 0.182. The van der Waals surface area contributed by atoms with Gasteiger partial charge >= 0.3 is 0 Å². The van der Waals surface area contributed by atoms with Gasteiger partial charge in [-0.15, -0.1) is 11.3 Å². The molecule has 0 unspecified atom stereocenters. The second kappa shape index (κ2) is 4.40. The number of nitrogens with one attached hydrogen (secondary N) is 1. The van der Waals surface area contributed by atoms with E-state index in [-0.39, 0.29) is 5.91 Å². The Balaban J connectivity index is 1.96. The molecule has 2 heterocycles.